The van der Waals surface area contributed by atoms with Gasteiger partial charge in [-0.15, -0.1) is 16.8 Å². The maximum Gasteiger partial charge on any atom is 0.418 e. The highest BCUT2D eigenvalue weighted by Crippen LogP contribution is 2.34. The predicted molar refractivity (Wildman–Crippen MR) is 126 cm³/mol. The van der Waals surface area contributed by atoms with E-state index in [-0.39, 0.29) is 18.0 Å². The van der Waals surface area contributed by atoms with Crippen LogP contribution in [0.5, 0.6) is 5.75 Å². The normalized spacial score (nSPS) is 11.3. The number of halogens is 3. The average molecular weight is 491 g/mol. The second kappa shape index (κ2) is 11.7. The van der Waals surface area contributed by atoms with E-state index in [0.29, 0.717) is 23.3 Å². The van der Waals surface area contributed by atoms with Crippen molar-refractivity contribution in [1.29, 1.82) is 0 Å². The van der Waals surface area contributed by atoms with Crippen LogP contribution in [0.4, 0.5) is 18.9 Å². The van der Waals surface area contributed by atoms with Gasteiger partial charge in [-0.2, -0.15) is 13.2 Å². The first-order chi connectivity index (χ1) is 16.3. The molecule has 1 amide bonds. The fourth-order valence-corrected chi connectivity index (χ4v) is 3.96. The van der Waals surface area contributed by atoms with Gasteiger partial charge in [0.15, 0.2) is 11.0 Å². The number of allylic oxidation sites excluding steroid dienone is 1. The van der Waals surface area contributed by atoms with Gasteiger partial charge in [0.05, 0.1) is 17.0 Å². The molecule has 0 unspecified atom stereocenters. The molecule has 180 valence electrons. The maximum atomic E-state index is 13.1. The van der Waals surface area contributed by atoms with Crippen LogP contribution in [0.2, 0.25) is 0 Å². The lowest BCUT2D eigenvalue weighted by Crippen LogP contribution is -2.18. The number of hydrogen-bond donors (Lipinski definition) is 1. The van der Waals surface area contributed by atoms with Crippen LogP contribution in [-0.4, -0.2) is 26.4 Å². The summed E-state index contributed by atoms with van der Waals surface area (Å²) in [5.41, 5.74) is 0.0528. The fraction of sp³-hybridized carbons (Fsp3) is 0.292. The summed E-state index contributed by atoms with van der Waals surface area (Å²) in [6, 6.07) is 12.7. The first-order valence-corrected chi connectivity index (χ1v) is 11.6. The molecule has 0 atom stereocenters. The molecule has 1 heterocycles. The van der Waals surface area contributed by atoms with Crippen molar-refractivity contribution < 1.29 is 22.7 Å². The highest BCUT2D eigenvalue weighted by molar-refractivity contribution is 7.99. The molecule has 0 saturated carbocycles. The topological polar surface area (TPSA) is 69.0 Å². The fourth-order valence-electron chi connectivity index (χ4n) is 3.19. The maximum absolute atomic E-state index is 13.1. The van der Waals surface area contributed by atoms with Crippen molar-refractivity contribution in [2.75, 3.05) is 11.1 Å². The zero-order valence-corrected chi connectivity index (χ0v) is 19.5. The highest BCUT2D eigenvalue weighted by atomic mass is 32.2. The standard InChI is InChI=1S/C24H25F3N4O2S/c1-3-7-17-10-12-18(13-11-17)33-15-21-29-30-23(31(21)14-4-2)34-16-22(32)28-20-9-6-5-8-19(20)24(25,26)27/h4-6,8-13H,2-3,7,14-16H2,1H3,(H,28,32). The van der Waals surface area contributed by atoms with Gasteiger partial charge < -0.3 is 10.1 Å². The lowest BCUT2D eigenvalue weighted by Gasteiger charge is -2.13. The number of anilines is 1. The number of aromatic nitrogens is 3. The number of carbonyl (C=O) groups excluding carboxylic acids is 1. The summed E-state index contributed by atoms with van der Waals surface area (Å²) in [6.45, 7) is 6.41. The Balaban J connectivity index is 1.62. The monoisotopic (exact) mass is 490 g/mol. The molecule has 2 aromatic carbocycles. The molecule has 0 bridgehead atoms. The van der Waals surface area contributed by atoms with E-state index in [1.807, 2.05) is 24.3 Å². The Kier molecular flexibility index (Phi) is 8.75. The number of carbonyl (C=O) groups is 1. The van der Waals surface area contributed by atoms with E-state index in [9.17, 15) is 18.0 Å². The molecule has 34 heavy (non-hydrogen) atoms. The molecule has 1 aromatic heterocycles. The van der Waals surface area contributed by atoms with Crippen LogP contribution in [0.1, 0.15) is 30.3 Å². The van der Waals surface area contributed by atoms with E-state index in [0.717, 1.165) is 30.7 Å². The number of hydrogen-bond acceptors (Lipinski definition) is 5. The van der Waals surface area contributed by atoms with Crippen molar-refractivity contribution in [3.05, 3.63) is 78.1 Å². The Morgan fingerprint density at radius 3 is 2.59 bits per heavy atom. The molecular weight excluding hydrogens is 465 g/mol. The van der Waals surface area contributed by atoms with Crippen LogP contribution in [0.15, 0.2) is 66.3 Å². The van der Waals surface area contributed by atoms with Gasteiger partial charge in [0.1, 0.15) is 12.4 Å². The lowest BCUT2D eigenvalue weighted by atomic mass is 10.1. The van der Waals surface area contributed by atoms with E-state index in [2.05, 4.69) is 29.0 Å². The molecule has 0 aliphatic rings. The van der Waals surface area contributed by atoms with E-state index in [1.165, 1.54) is 23.8 Å². The number of rotatable bonds is 11. The van der Waals surface area contributed by atoms with Gasteiger partial charge >= 0.3 is 6.18 Å². The van der Waals surface area contributed by atoms with Crippen molar-refractivity contribution in [3.8, 4) is 5.75 Å². The number of alkyl halides is 3. The third kappa shape index (κ3) is 6.86. The number of thioether (sulfide) groups is 1. The van der Waals surface area contributed by atoms with E-state index < -0.39 is 17.6 Å². The SMILES string of the molecule is C=CCn1c(COc2ccc(CCC)cc2)nnc1SCC(=O)Nc1ccccc1C(F)(F)F. The van der Waals surface area contributed by atoms with Crippen molar-refractivity contribution in [1.82, 2.24) is 14.8 Å². The summed E-state index contributed by atoms with van der Waals surface area (Å²) < 4.78 is 47.0. The van der Waals surface area contributed by atoms with Crippen molar-refractivity contribution >= 4 is 23.4 Å². The number of nitrogens with one attached hydrogen (secondary N) is 1. The summed E-state index contributed by atoms with van der Waals surface area (Å²) in [5.74, 6) is 0.522. The van der Waals surface area contributed by atoms with Gasteiger partial charge in [0.25, 0.3) is 0 Å². The van der Waals surface area contributed by atoms with Crippen molar-refractivity contribution in [2.45, 2.75) is 44.2 Å². The van der Waals surface area contributed by atoms with Gasteiger partial charge in [-0.25, -0.2) is 0 Å². The summed E-state index contributed by atoms with van der Waals surface area (Å²) >= 11 is 1.07. The van der Waals surface area contributed by atoms with E-state index in [4.69, 9.17) is 4.74 Å². The molecule has 0 spiro atoms. The lowest BCUT2D eigenvalue weighted by molar-refractivity contribution is -0.137. The molecule has 0 aliphatic carbocycles. The number of para-hydroxylation sites is 1. The number of amides is 1. The summed E-state index contributed by atoms with van der Waals surface area (Å²) in [7, 11) is 0. The second-order valence-corrected chi connectivity index (χ2v) is 8.30. The number of benzene rings is 2. The Hall–Kier alpha value is -3.27. The molecular formula is C24H25F3N4O2S. The largest absolute Gasteiger partial charge is 0.486 e. The quantitative estimate of drug-likeness (QED) is 0.274. The number of aryl methyl sites for hydroxylation is 1. The van der Waals surface area contributed by atoms with Crippen LogP contribution >= 0.6 is 11.8 Å². The van der Waals surface area contributed by atoms with Gasteiger partial charge in [-0.3, -0.25) is 9.36 Å². The van der Waals surface area contributed by atoms with E-state index >= 15 is 0 Å². The summed E-state index contributed by atoms with van der Waals surface area (Å²) in [6.07, 6.45) is -0.829. The molecule has 10 heteroatoms. The predicted octanol–water partition coefficient (Wildman–Crippen LogP) is 5.75. The Morgan fingerprint density at radius 1 is 1.18 bits per heavy atom. The van der Waals surface area contributed by atoms with Gasteiger partial charge in [0.2, 0.25) is 5.91 Å². The van der Waals surface area contributed by atoms with Crippen LogP contribution in [-0.2, 0) is 30.5 Å². The molecule has 1 N–H and O–H groups in total. The number of ether oxygens (including phenoxy) is 1. The second-order valence-electron chi connectivity index (χ2n) is 7.36. The zero-order valence-electron chi connectivity index (χ0n) is 18.6. The third-order valence-corrected chi connectivity index (χ3v) is 5.74. The minimum Gasteiger partial charge on any atom is -0.486 e. The van der Waals surface area contributed by atoms with Crippen LogP contribution in [0, 0.1) is 0 Å². The number of nitrogens with zero attached hydrogens (tertiary/aromatic N) is 3. The van der Waals surface area contributed by atoms with Crippen molar-refractivity contribution in [2.24, 2.45) is 0 Å². The minimum absolute atomic E-state index is 0.138. The third-order valence-electron chi connectivity index (χ3n) is 4.77. The molecule has 6 nitrogen and oxygen atoms in total. The Morgan fingerprint density at radius 2 is 1.91 bits per heavy atom. The Bertz CT molecular complexity index is 1110. The molecule has 0 radical (unpaired) electrons. The van der Waals surface area contributed by atoms with Gasteiger partial charge in [-0.1, -0.05) is 55.4 Å². The molecule has 3 rings (SSSR count). The molecule has 0 fully saturated rings. The van der Waals surface area contributed by atoms with Crippen LogP contribution in [0.25, 0.3) is 0 Å². The van der Waals surface area contributed by atoms with Crippen LogP contribution in [0.3, 0.4) is 0 Å². The molecule has 0 aliphatic heterocycles. The molecule has 0 saturated heterocycles. The first-order valence-electron chi connectivity index (χ1n) is 10.7. The zero-order chi connectivity index (χ0) is 24.6. The Labute approximate surface area is 200 Å². The molecule has 3 aromatic rings. The summed E-state index contributed by atoms with van der Waals surface area (Å²) in [5, 5.41) is 11.0. The van der Waals surface area contributed by atoms with E-state index in [1.54, 1.807) is 10.6 Å². The first kappa shape index (κ1) is 25.4. The van der Waals surface area contributed by atoms with Crippen molar-refractivity contribution in [3.63, 3.8) is 0 Å². The van der Waals surface area contributed by atoms with Crippen LogP contribution < -0.4 is 10.1 Å². The highest BCUT2D eigenvalue weighted by Gasteiger charge is 2.33. The smallest absolute Gasteiger partial charge is 0.418 e. The van der Waals surface area contributed by atoms with Gasteiger partial charge in [-0.05, 0) is 36.2 Å². The minimum atomic E-state index is -4.56. The summed E-state index contributed by atoms with van der Waals surface area (Å²) in [4.78, 5) is 12.3. The van der Waals surface area contributed by atoms with Gasteiger partial charge in [0, 0.05) is 6.54 Å². The average Bonchev–Trinajstić information content (AvgIpc) is 3.19.